The number of hydrogen-bond acceptors (Lipinski definition) is 2. The van der Waals surface area contributed by atoms with E-state index in [0.717, 1.165) is 29.8 Å². The first-order valence-corrected chi connectivity index (χ1v) is 6.88. The third kappa shape index (κ3) is 2.14. The highest BCUT2D eigenvalue weighted by Crippen LogP contribution is 2.42. The fraction of sp³-hybridized carbons (Fsp3) is 0.438. The van der Waals surface area contributed by atoms with Gasteiger partial charge < -0.3 is 9.67 Å². The zero-order valence-corrected chi connectivity index (χ0v) is 12.0. The van der Waals surface area contributed by atoms with Gasteiger partial charge in [-0.05, 0) is 43.4 Å². The predicted octanol–water partition coefficient (Wildman–Crippen LogP) is 3.33. The molecule has 0 aliphatic heterocycles. The van der Waals surface area contributed by atoms with Crippen LogP contribution < -0.4 is 0 Å². The van der Waals surface area contributed by atoms with Crippen LogP contribution in [0.4, 0.5) is 4.39 Å². The van der Waals surface area contributed by atoms with Gasteiger partial charge in [-0.15, -0.1) is 0 Å². The number of halogens is 1. The second kappa shape index (κ2) is 4.42. The van der Waals surface area contributed by atoms with Crippen molar-refractivity contribution in [1.82, 2.24) is 9.55 Å². The largest absolute Gasteiger partial charge is 0.388 e. The first-order valence-electron chi connectivity index (χ1n) is 6.88. The second-order valence-electron chi connectivity index (χ2n) is 6.42. The SMILES string of the molecule is Cc1cc2c(n1-c1ccc(F)cn1)CC(C)(C)CC2O. The lowest BCUT2D eigenvalue weighted by atomic mass is 9.75. The lowest BCUT2D eigenvalue weighted by Crippen LogP contribution is -2.26. The van der Waals surface area contributed by atoms with E-state index in [4.69, 9.17) is 0 Å². The van der Waals surface area contributed by atoms with Crippen molar-refractivity contribution >= 4 is 0 Å². The summed E-state index contributed by atoms with van der Waals surface area (Å²) in [4.78, 5) is 4.17. The zero-order chi connectivity index (χ0) is 14.5. The topological polar surface area (TPSA) is 38.0 Å². The molecule has 0 spiro atoms. The summed E-state index contributed by atoms with van der Waals surface area (Å²) < 4.78 is 15.1. The summed E-state index contributed by atoms with van der Waals surface area (Å²) in [7, 11) is 0. The second-order valence-corrected chi connectivity index (χ2v) is 6.42. The summed E-state index contributed by atoms with van der Waals surface area (Å²) in [6.07, 6.45) is 2.44. The Morgan fingerprint density at radius 2 is 2.15 bits per heavy atom. The Hall–Kier alpha value is -1.68. The van der Waals surface area contributed by atoms with Crippen LogP contribution in [0.3, 0.4) is 0 Å². The first kappa shape index (κ1) is 13.3. The minimum atomic E-state index is -0.436. The molecule has 0 aromatic carbocycles. The molecular weight excluding hydrogens is 255 g/mol. The van der Waals surface area contributed by atoms with Gasteiger partial charge in [0.15, 0.2) is 0 Å². The fourth-order valence-corrected chi connectivity index (χ4v) is 3.16. The van der Waals surface area contributed by atoms with E-state index in [0.29, 0.717) is 5.82 Å². The van der Waals surface area contributed by atoms with Gasteiger partial charge in [-0.25, -0.2) is 9.37 Å². The number of nitrogens with zero attached hydrogens (tertiary/aromatic N) is 2. The number of rotatable bonds is 1. The van der Waals surface area contributed by atoms with Crippen molar-refractivity contribution in [3.05, 3.63) is 47.2 Å². The highest BCUT2D eigenvalue weighted by molar-refractivity contribution is 5.40. The monoisotopic (exact) mass is 274 g/mol. The molecule has 0 radical (unpaired) electrons. The van der Waals surface area contributed by atoms with Crippen molar-refractivity contribution in [3.8, 4) is 5.82 Å². The number of aliphatic hydroxyl groups excluding tert-OH is 1. The van der Waals surface area contributed by atoms with Gasteiger partial charge in [0, 0.05) is 17.0 Å². The van der Waals surface area contributed by atoms with Crippen LogP contribution in [-0.4, -0.2) is 14.7 Å². The molecule has 1 N–H and O–H groups in total. The van der Waals surface area contributed by atoms with Crippen molar-refractivity contribution < 1.29 is 9.50 Å². The fourth-order valence-electron chi connectivity index (χ4n) is 3.16. The van der Waals surface area contributed by atoms with Gasteiger partial charge in [-0.1, -0.05) is 13.8 Å². The Bertz CT molecular complexity index is 643. The van der Waals surface area contributed by atoms with Crippen LogP contribution in [0.1, 0.15) is 43.3 Å². The molecule has 2 heterocycles. The van der Waals surface area contributed by atoms with Gasteiger partial charge in [0.1, 0.15) is 11.6 Å². The summed E-state index contributed by atoms with van der Waals surface area (Å²) >= 11 is 0. The molecule has 106 valence electrons. The van der Waals surface area contributed by atoms with Crippen molar-refractivity contribution in [3.63, 3.8) is 0 Å². The van der Waals surface area contributed by atoms with Gasteiger partial charge >= 0.3 is 0 Å². The summed E-state index contributed by atoms with van der Waals surface area (Å²) in [6.45, 7) is 6.30. The molecule has 1 aliphatic rings. The maximum atomic E-state index is 13.0. The van der Waals surface area contributed by atoms with E-state index in [1.165, 1.54) is 12.3 Å². The Morgan fingerprint density at radius 3 is 2.80 bits per heavy atom. The molecule has 1 unspecified atom stereocenters. The van der Waals surface area contributed by atoms with Crippen LogP contribution >= 0.6 is 0 Å². The number of aromatic nitrogens is 2. The third-order valence-corrected chi connectivity index (χ3v) is 4.01. The summed E-state index contributed by atoms with van der Waals surface area (Å²) in [5.41, 5.74) is 3.14. The molecule has 3 nitrogen and oxygen atoms in total. The Balaban J connectivity index is 2.16. The van der Waals surface area contributed by atoms with E-state index < -0.39 is 6.10 Å². The van der Waals surface area contributed by atoms with E-state index >= 15 is 0 Å². The Morgan fingerprint density at radius 1 is 1.40 bits per heavy atom. The lowest BCUT2D eigenvalue weighted by Gasteiger charge is -2.33. The molecular formula is C16H19FN2O. The van der Waals surface area contributed by atoms with E-state index in [2.05, 4.69) is 18.8 Å². The van der Waals surface area contributed by atoms with Crippen molar-refractivity contribution in [2.24, 2.45) is 5.41 Å². The molecule has 2 aromatic rings. The zero-order valence-electron chi connectivity index (χ0n) is 12.0. The summed E-state index contributed by atoms with van der Waals surface area (Å²) in [6, 6.07) is 5.11. The lowest BCUT2D eigenvalue weighted by molar-refractivity contribution is 0.0986. The van der Waals surface area contributed by atoms with Gasteiger partial charge in [0.05, 0.1) is 12.3 Å². The van der Waals surface area contributed by atoms with Crippen LogP contribution in [0, 0.1) is 18.2 Å². The standard InChI is InChI=1S/C16H19FN2O/c1-10-6-12-13(7-16(2,3)8-14(12)20)19(10)15-5-4-11(17)9-18-15/h4-6,9,14,20H,7-8H2,1-3H3. The predicted molar refractivity (Wildman–Crippen MR) is 75.3 cm³/mol. The highest BCUT2D eigenvalue weighted by atomic mass is 19.1. The number of hydrogen-bond donors (Lipinski definition) is 1. The normalized spacial score (nSPS) is 20.8. The molecule has 1 aliphatic carbocycles. The molecule has 1 atom stereocenters. The highest BCUT2D eigenvalue weighted by Gasteiger charge is 2.34. The number of aryl methyl sites for hydroxylation is 1. The molecule has 4 heteroatoms. The number of aliphatic hydroxyl groups is 1. The quantitative estimate of drug-likeness (QED) is 0.866. The molecule has 0 fully saturated rings. The van der Waals surface area contributed by atoms with Crippen molar-refractivity contribution in [2.75, 3.05) is 0 Å². The van der Waals surface area contributed by atoms with Crippen molar-refractivity contribution in [1.29, 1.82) is 0 Å². The maximum absolute atomic E-state index is 13.0. The molecule has 0 amide bonds. The van der Waals surface area contributed by atoms with Crippen LogP contribution in [0.5, 0.6) is 0 Å². The maximum Gasteiger partial charge on any atom is 0.141 e. The van der Waals surface area contributed by atoms with Crippen molar-refractivity contribution in [2.45, 2.75) is 39.7 Å². The molecule has 0 bridgehead atoms. The molecule has 20 heavy (non-hydrogen) atoms. The molecule has 2 aromatic heterocycles. The number of pyridine rings is 1. The van der Waals surface area contributed by atoms with Crippen LogP contribution in [-0.2, 0) is 6.42 Å². The molecule has 0 saturated heterocycles. The van der Waals surface area contributed by atoms with Gasteiger partial charge in [0.25, 0.3) is 0 Å². The first-order chi connectivity index (χ1) is 9.37. The van der Waals surface area contributed by atoms with Gasteiger partial charge in [0.2, 0.25) is 0 Å². The van der Waals surface area contributed by atoms with Crippen LogP contribution in [0.25, 0.3) is 5.82 Å². The average molecular weight is 274 g/mol. The number of fused-ring (bicyclic) bond motifs is 1. The van der Waals surface area contributed by atoms with Gasteiger partial charge in [-0.3, -0.25) is 0 Å². The smallest absolute Gasteiger partial charge is 0.141 e. The minimum Gasteiger partial charge on any atom is -0.388 e. The molecule has 3 rings (SSSR count). The van der Waals surface area contributed by atoms with E-state index in [1.807, 2.05) is 17.6 Å². The average Bonchev–Trinajstić information content (AvgIpc) is 2.66. The van der Waals surface area contributed by atoms with Crippen LogP contribution in [0.2, 0.25) is 0 Å². The van der Waals surface area contributed by atoms with E-state index in [-0.39, 0.29) is 11.2 Å². The Kier molecular flexibility index (Phi) is 2.94. The van der Waals surface area contributed by atoms with E-state index in [1.54, 1.807) is 6.07 Å². The van der Waals surface area contributed by atoms with E-state index in [9.17, 15) is 9.50 Å². The Labute approximate surface area is 118 Å². The molecule has 0 saturated carbocycles. The minimum absolute atomic E-state index is 0.0506. The van der Waals surface area contributed by atoms with Crippen LogP contribution in [0.15, 0.2) is 24.4 Å². The third-order valence-electron chi connectivity index (χ3n) is 4.01. The summed E-state index contributed by atoms with van der Waals surface area (Å²) in [5.74, 6) is 0.364. The summed E-state index contributed by atoms with van der Waals surface area (Å²) in [5, 5.41) is 10.3. The van der Waals surface area contributed by atoms with Gasteiger partial charge in [-0.2, -0.15) is 0 Å².